The van der Waals surface area contributed by atoms with E-state index in [4.69, 9.17) is 28.9 Å². The molecule has 5 heterocycles. The van der Waals surface area contributed by atoms with Crippen molar-refractivity contribution in [3.8, 4) is 67.5 Å². The quantitative estimate of drug-likeness (QED) is 0.0291. The normalized spacial score (nSPS) is 12.5. The van der Waals surface area contributed by atoms with Gasteiger partial charge in [-0.3, -0.25) is 0 Å². The van der Waals surface area contributed by atoms with Gasteiger partial charge in [0, 0.05) is 44.3 Å². The van der Waals surface area contributed by atoms with Crippen molar-refractivity contribution in [2.45, 2.75) is 263 Å². The number of nitrogens with zero attached hydrogens (tertiary/aromatic N) is 6. The van der Waals surface area contributed by atoms with Crippen molar-refractivity contribution in [1.29, 1.82) is 0 Å². The second kappa shape index (κ2) is 49.8. The Hall–Kier alpha value is -7.48. The molecular formula is C104H158N8O4+4. The van der Waals surface area contributed by atoms with Gasteiger partial charge in [-0.05, 0) is 299 Å². The van der Waals surface area contributed by atoms with E-state index in [9.17, 15) is 0 Å². The van der Waals surface area contributed by atoms with Crippen LogP contribution in [0.3, 0.4) is 0 Å². The van der Waals surface area contributed by atoms with Crippen LogP contribution >= 0.6 is 0 Å². The maximum absolute atomic E-state index is 6.75. The topological polar surface area (TPSA) is 94.3 Å². The fourth-order valence-corrected chi connectivity index (χ4v) is 20.1. The van der Waals surface area contributed by atoms with E-state index in [0.29, 0.717) is 26.4 Å². The minimum Gasteiger partial charge on any atom is -0.494 e. The monoisotopic (exact) mass is 1580 g/mol. The zero-order chi connectivity index (χ0) is 82.1. The molecule has 0 fully saturated rings. The van der Waals surface area contributed by atoms with Gasteiger partial charge >= 0.3 is 0 Å². The summed E-state index contributed by atoms with van der Waals surface area (Å²) >= 11 is 0. The van der Waals surface area contributed by atoms with Gasteiger partial charge in [0.05, 0.1) is 154 Å². The van der Waals surface area contributed by atoms with Gasteiger partial charge in [0.1, 0.15) is 23.0 Å². The molecule has 9 rings (SSSR count). The largest absolute Gasteiger partial charge is 0.494 e. The van der Waals surface area contributed by atoms with Crippen molar-refractivity contribution in [2.75, 3.05) is 131 Å². The standard InChI is InChI=1S/C104H158N8O4/c1-13-61-109(62-14-2,63-15-3)73-33-25-29-37-77-113-89-49-41-45-85(81-89)101-93-53-55-95(105-93)102(86-46-42-50-90(82-86)114-78-38-30-26-34-74-110(64-16-4,65-17-5)66-18-6)97-57-59-99(107-97)104(88-48-44-52-92(84-88)116-80-40-32-28-36-76-112(70-22-10,71-23-11)72-24-12)100-60-58-98(108-100)103(96-56-54-94(101)106-96)87-47-43-51-91(83-87)115-79-39-31-27-35-75-111(67-19-7,68-20-8)69-21-9/h41-60,81-84,105,108H,13-40,61-80H2,1-12H3/q+4. The highest BCUT2D eigenvalue weighted by atomic mass is 16.5. The summed E-state index contributed by atoms with van der Waals surface area (Å²) in [5, 5.41) is 0. The van der Waals surface area contributed by atoms with E-state index in [2.05, 4.69) is 239 Å². The van der Waals surface area contributed by atoms with Crippen LogP contribution in [0.4, 0.5) is 0 Å². The molecule has 8 bridgehead atoms. The second-order valence-electron chi connectivity index (χ2n) is 34.6. The molecule has 634 valence electrons. The number of rotatable bonds is 60. The molecule has 0 amide bonds. The summed E-state index contributed by atoms with van der Waals surface area (Å²) in [4.78, 5) is 19.7. The zero-order valence-corrected chi connectivity index (χ0v) is 75.1. The fourth-order valence-electron chi connectivity index (χ4n) is 20.1. The third kappa shape index (κ3) is 27.3. The van der Waals surface area contributed by atoms with Crippen LogP contribution in [0.5, 0.6) is 23.0 Å². The first-order valence-corrected chi connectivity index (χ1v) is 47.3. The molecule has 12 heteroatoms. The Bertz CT molecular complexity index is 3650. The first kappa shape index (κ1) is 92.4. The van der Waals surface area contributed by atoms with E-state index < -0.39 is 0 Å². The zero-order valence-electron chi connectivity index (χ0n) is 75.1. The number of hydrogen-bond acceptors (Lipinski definition) is 6. The van der Waals surface area contributed by atoms with Crippen LogP contribution in [0.25, 0.3) is 90.9 Å². The Morgan fingerprint density at radius 2 is 0.414 bits per heavy atom. The van der Waals surface area contributed by atoms with Crippen molar-refractivity contribution in [2.24, 2.45) is 0 Å². The SMILES string of the molecule is CCC[N+](CCC)(CCC)CCCCCCOc1cccc(-c2c3nc(c(-c4cccc(OCCCCCC[N+](CCC)(CCC)CCC)c4)c4ccc([nH]4)c(-c4cccc(OCCCCCC[N+](CCC)(CCC)CCC)c4)c4nc(c(-c5cccc(OCCCCCC[N+](CCC)(CCC)CCC)c5)c5ccc2[nH]5)C=C4)C=C3)c1. The van der Waals surface area contributed by atoms with E-state index in [0.717, 1.165) is 164 Å². The van der Waals surface area contributed by atoms with Crippen molar-refractivity contribution >= 4 is 46.4 Å². The fraction of sp³-hybridized carbons (Fsp3) is 0.577. The lowest BCUT2D eigenvalue weighted by Gasteiger charge is -2.38. The van der Waals surface area contributed by atoms with Gasteiger partial charge in [-0.15, -0.1) is 0 Å². The van der Waals surface area contributed by atoms with Gasteiger partial charge in [0.25, 0.3) is 0 Å². The van der Waals surface area contributed by atoms with Crippen molar-refractivity contribution in [1.82, 2.24) is 19.9 Å². The van der Waals surface area contributed by atoms with Crippen molar-refractivity contribution in [3.63, 3.8) is 0 Å². The van der Waals surface area contributed by atoms with Gasteiger partial charge in [0.15, 0.2) is 0 Å². The van der Waals surface area contributed by atoms with Crippen LogP contribution in [-0.2, 0) is 0 Å². The maximum Gasteiger partial charge on any atom is 0.119 e. The van der Waals surface area contributed by atoms with Gasteiger partial charge < -0.3 is 46.8 Å². The molecular weight excluding hydrogens is 1430 g/mol. The number of quaternary nitrogens is 4. The molecule has 0 aliphatic carbocycles. The third-order valence-electron chi connectivity index (χ3n) is 24.8. The van der Waals surface area contributed by atoms with Gasteiger partial charge in [-0.25, -0.2) is 9.97 Å². The Morgan fingerprint density at radius 1 is 0.224 bits per heavy atom. The molecule has 2 N–H and O–H groups in total. The van der Waals surface area contributed by atoms with Crippen LogP contribution in [0, 0.1) is 0 Å². The molecule has 0 radical (unpaired) electrons. The lowest BCUT2D eigenvalue weighted by molar-refractivity contribution is -0.928. The van der Waals surface area contributed by atoms with Gasteiger partial charge in [-0.1, -0.05) is 132 Å². The summed E-state index contributed by atoms with van der Waals surface area (Å²) in [6.07, 6.45) is 42.5. The van der Waals surface area contributed by atoms with Crippen LogP contribution in [0.15, 0.2) is 121 Å². The lowest BCUT2D eigenvalue weighted by Crippen LogP contribution is -2.50. The number of H-pyrrole nitrogens is 2. The highest BCUT2D eigenvalue weighted by Gasteiger charge is 2.29. The highest BCUT2D eigenvalue weighted by molar-refractivity contribution is 6.00. The third-order valence-corrected chi connectivity index (χ3v) is 24.8. The number of benzene rings is 4. The summed E-state index contributed by atoms with van der Waals surface area (Å²) < 4.78 is 32.1. The smallest absolute Gasteiger partial charge is 0.119 e. The first-order chi connectivity index (χ1) is 56.8. The minimum absolute atomic E-state index is 0.670. The number of unbranched alkanes of at least 4 members (excludes halogenated alkanes) is 12. The Morgan fingerprint density at radius 3 is 0.603 bits per heavy atom. The number of fused-ring (bicyclic) bond motifs is 8. The summed E-state index contributed by atoms with van der Waals surface area (Å²) in [6.45, 7) is 51.6. The molecule has 0 spiro atoms. The predicted octanol–water partition coefficient (Wildman–Crippen LogP) is 27.3. The van der Waals surface area contributed by atoms with Crippen molar-refractivity contribution in [3.05, 3.63) is 144 Å². The molecule has 12 nitrogen and oxygen atoms in total. The van der Waals surface area contributed by atoms with Crippen LogP contribution in [0.1, 0.15) is 286 Å². The van der Waals surface area contributed by atoms with E-state index >= 15 is 0 Å². The Kier molecular flexibility index (Phi) is 39.7. The molecule has 2 aliphatic heterocycles. The Labute approximate surface area is 704 Å². The number of ether oxygens (including phenoxy) is 4. The molecule has 3 aromatic heterocycles. The molecule has 2 aliphatic rings. The molecule has 116 heavy (non-hydrogen) atoms. The van der Waals surface area contributed by atoms with Crippen LogP contribution < -0.4 is 18.9 Å². The highest BCUT2D eigenvalue weighted by Crippen LogP contribution is 2.41. The number of nitrogens with one attached hydrogen (secondary N) is 2. The summed E-state index contributed by atoms with van der Waals surface area (Å²) in [7, 11) is 0. The maximum atomic E-state index is 6.75. The second-order valence-corrected chi connectivity index (χ2v) is 34.6. The molecule has 0 saturated heterocycles. The van der Waals surface area contributed by atoms with E-state index in [1.54, 1.807) is 0 Å². The predicted molar refractivity (Wildman–Crippen MR) is 499 cm³/mol. The number of hydrogen-bond donors (Lipinski definition) is 2. The van der Waals surface area contributed by atoms with Crippen molar-refractivity contribution < 1.29 is 36.9 Å². The molecule has 0 atom stereocenters. The van der Waals surface area contributed by atoms with E-state index in [-0.39, 0.29) is 0 Å². The molecule has 4 aromatic carbocycles. The number of aromatic nitrogens is 4. The Balaban J connectivity index is 1.11. The van der Waals surface area contributed by atoms with E-state index in [1.165, 1.54) is 251 Å². The lowest BCUT2D eigenvalue weighted by atomic mass is 10.0. The summed E-state index contributed by atoms with van der Waals surface area (Å²) in [5.74, 6) is 3.44. The van der Waals surface area contributed by atoms with Gasteiger partial charge in [0.2, 0.25) is 0 Å². The summed E-state index contributed by atoms with van der Waals surface area (Å²) in [5.41, 5.74) is 15.3. The van der Waals surface area contributed by atoms with E-state index in [1.807, 2.05) is 0 Å². The summed E-state index contributed by atoms with van der Waals surface area (Å²) in [6, 6.07) is 43.8. The molecule has 7 aromatic rings. The number of aromatic amines is 2. The van der Waals surface area contributed by atoms with Gasteiger partial charge in [-0.2, -0.15) is 0 Å². The minimum atomic E-state index is 0.670. The van der Waals surface area contributed by atoms with Crippen LogP contribution in [0.2, 0.25) is 0 Å². The molecule has 0 saturated carbocycles. The van der Waals surface area contributed by atoms with Crippen LogP contribution in [-0.4, -0.2) is 169 Å². The average Bonchev–Trinajstić information content (AvgIpc) is 1.61. The molecule has 0 unspecified atom stereocenters. The average molecular weight is 1580 g/mol. The first-order valence-electron chi connectivity index (χ1n) is 47.3.